The molecule has 2 aliphatic rings. The summed E-state index contributed by atoms with van der Waals surface area (Å²) < 4.78 is 16.0. The van der Waals surface area contributed by atoms with Gasteiger partial charge in [0.2, 0.25) is 0 Å². The third-order valence-electron chi connectivity index (χ3n) is 6.32. The Bertz CT molecular complexity index is 1220. The monoisotopic (exact) mass is 469 g/mol. The van der Waals surface area contributed by atoms with E-state index in [1.54, 1.807) is 20.4 Å². The van der Waals surface area contributed by atoms with Crippen LogP contribution >= 0.6 is 11.6 Å². The van der Waals surface area contributed by atoms with Crippen LogP contribution in [0.5, 0.6) is 17.2 Å². The highest BCUT2D eigenvalue weighted by Gasteiger charge is 2.47. The van der Waals surface area contributed by atoms with Gasteiger partial charge in [0.25, 0.3) is 0 Å². The van der Waals surface area contributed by atoms with Gasteiger partial charge in [-0.25, -0.2) is 4.79 Å². The number of methoxy groups -OCH3 is 3. The molecule has 0 amide bonds. The Morgan fingerprint density at radius 1 is 1.09 bits per heavy atom. The molecule has 33 heavy (non-hydrogen) atoms. The molecule has 0 aromatic heterocycles. The molecule has 8 heteroatoms. The van der Waals surface area contributed by atoms with Gasteiger partial charge in [-0.15, -0.1) is 0 Å². The molecular formula is C25H24ClNO6. The average Bonchev–Trinajstić information content (AvgIpc) is 2.83. The minimum atomic E-state index is -0.902. The summed E-state index contributed by atoms with van der Waals surface area (Å²) in [7, 11) is 4.43. The summed E-state index contributed by atoms with van der Waals surface area (Å²) in [5, 5.41) is 10.5. The number of benzene rings is 2. The lowest BCUT2D eigenvalue weighted by molar-refractivity contribution is -0.137. The number of aromatic hydroxyl groups is 1. The van der Waals surface area contributed by atoms with E-state index >= 15 is 0 Å². The van der Waals surface area contributed by atoms with Gasteiger partial charge in [-0.2, -0.15) is 0 Å². The summed E-state index contributed by atoms with van der Waals surface area (Å²) >= 11 is 6.04. The van der Waals surface area contributed by atoms with Gasteiger partial charge in [-0.05, 0) is 60.9 Å². The van der Waals surface area contributed by atoms with E-state index in [1.165, 1.54) is 31.4 Å². The summed E-state index contributed by atoms with van der Waals surface area (Å²) in [5.74, 6) is -0.0447. The second-order valence-electron chi connectivity index (χ2n) is 8.00. The molecule has 1 atom stereocenters. The molecule has 0 spiro atoms. The Morgan fingerprint density at radius 3 is 2.45 bits per heavy atom. The predicted molar refractivity (Wildman–Crippen MR) is 123 cm³/mol. The molecule has 0 saturated carbocycles. The van der Waals surface area contributed by atoms with Crippen LogP contribution in [0, 0.1) is 0 Å². The Labute approximate surface area is 196 Å². The van der Waals surface area contributed by atoms with Crippen LogP contribution in [0.2, 0.25) is 5.02 Å². The van der Waals surface area contributed by atoms with Crippen molar-refractivity contribution in [1.29, 1.82) is 0 Å². The van der Waals surface area contributed by atoms with Crippen molar-refractivity contribution in [2.24, 2.45) is 0 Å². The largest absolute Gasteiger partial charge is 0.507 e. The molecule has 0 aliphatic carbocycles. The van der Waals surface area contributed by atoms with E-state index in [1.807, 2.05) is 24.0 Å². The first-order chi connectivity index (χ1) is 15.7. The second-order valence-corrected chi connectivity index (χ2v) is 8.44. The molecule has 2 aliphatic heterocycles. The quantitative estimate of drug-likeness (QED) is 0.523. The molecule has 2 heterocycles. The van der Waals surface area contributed by atoms with Gasteiger partial charge in [0.05, 0.1) is 38.0 Å². The van der Waals surface area contributed by atoms with Crippen molar-refractivity contribution in [3.05, 3.63) is 75.5 Å². The molecule has 2 aromatic rings. The van der Waals surface area contributed by atoms with E-state index in [2.05, 4.69) is 0 Å². The highest BCUT2D eigenvalue weighted by molar-refractivity contribution is 6.31. The molecule has 0 bridgehead atoms. The number of halogens is 1. The summed E-state index contributed by atoms with van der Waals surface area (Å²) in [6.07, 6.45) is 3.91. The van der Waals surface area contributed by atoms with Crippen LogP contribution in [0.15, 0.2) is 53.8 Å². The fourth-order valence-corrected chi connectivity index (χ4v) is 4.70. The Balaban J connectivity index is 1.88. The van der Waals surface area contributed by atoms with E-state index in [-0.39, 0.29) is 16.9 Å². The fraction of sp³-hybridized carbons (Fsp3) is 0.280. The van der Waals surface area contributed by atoms with Crippen molar-refractivity contribution in [2.75, 3.05) is 27.9 Å². The smallest absolute Gasteiger partial charge is 0.336 e. The van der Waals surface area contributed by atoms with Gasteiger partial charge in [0, 0.05) is 23.3 Å². The van der Waals surface area contributed by atoms with Crippen LogP contribution in [-0.4, -0.2) is 49.6 Å². The van der Waals surface area contributed by atoms with Crippen LogP contribution in [0.25, 0.3) is 0 Å². The molecule has 0 radical (unpaired) electrons. The Hall–Kier alpha value is -3.45. The van der Waals surface area contributed by atoms with Gasteiger partial charge < -0.3 is 24.2 Å². The molecule has 172 valence electrons. The zero-order valence-corrected chi connectivity index (χ0v) is 19.5. The molecule has 0 saturated heterocycles. The molecule has 0 fully saturated rings. The number of phenols is 1. The standard InChI is InChI=1S/C25H24ClNO6/c1-25-18-12-22(32-3)21(31-2)10-14(18)7-8-27(25)13-15(9-19(25)24(30)33-4)23(29)17-11-16(26)5-6-20(17)28/h5-6,9-13,28H,7-8H2,1-4H3/t25-/m0/s1. The van der Waals surface area contributed by atoms with Crippen molar-refractivity contribution < 1.29 is 28.9 Å². The van der Waals surface area contributed by atoms with Crippen molar-refractivity contribution in [3.8, 4) is 17.2 Å². The lowest BCUT2D eigenvalue weighted by Gasteiger charge is -2.48. The van der Waals surface area contributed by atoms with E-state index in [9.17, 15) is 14.7 Å². The molecular weight excluding hydrogens is 446 g/mol. The molecule has 0 unspecified atom stereocenters. The number of ether oxygens (including phenoxy) is 3. The van der Waals surface area contributed by atoms with E-state index in [0.29, 0.717) is 35.1 Å². The number of hydrogen-bond donors (Lipinski definition) is 1. The predicted octanol–water partition coefficient (Wildman–Crippen LogP) is 4.02. The van der Waals surface area contributed by atoms with E-state index < -0.39 is 17.3 Å². The molecule has 4 rings (SSSR count). The fourth-order valence-electron chi connectivity index (χ4n) is 4.53. The summed E-state index contributed by atoms with van der Waals surface area (Å²) in [5.41, 5.74) is 1.57. The van der Waals surface area contributed by atoms with Crippen LogP contribution in [0.1, 0.15) is 28.4 Å². The zero-order chi connectivity index (χ0) is 23.9. The highest BCUT2D eigenvalue weighted by Crippen LogP contribution is 2.48. The van der Waals surface area contributed by atoms with Gasteiger partial charge in [-0.3, -0.25) is 4.79 Å². The van der Waals surface area contributed by atoms with E-state index in [4.69, 9.17) is 25.8 Å². The van der Waals surface area contributed by atoms with Crippen molar-refractivity contribution in [2.45, 2.75) is 18.9 Å². The number of ketones is 1. The molecule has 2 aromatic carbocycles. The van der Waals surface area contributed by atoms with Crippen molar-refractivity contribution in [3.63, 3.8) is 0 Å². The lowest BCUT2D eigenvalue weighted by Crippen LogP contribution is -2.50. The maximum atomic E-state index is 13.3. The van der Waals surface area contributed by atoms with Crippen LogP contribution in [-0.2, 0) is 21.5 Å². The molecule has 7 nitrogen and oxygen atoms in total. The van der Waals surface area contributed by atoms with E-state index in [0.717, 1.165) is 11.1 Å². The Kier molecular flexibility index (Phi) is 5.84. The summed E-state index contributed by atoms with van der Waals surface area (Å²) in [6.45, 7) is 2.46. The maximum absolute atomic E-state index is 13.3. The number of fused-ring (bicyclic) bond motifs is 3. The van der Waals surface area contributed by atoms with Crippen molar-refractivity contribution in [1.82, 2.24) is 4.90 Å². The third-order valence-corrected chi connectivity index (χ3v) is 6.56. The summed E-state index contributed by atoms with van der Waals surface area (Å²) in [4.78, 5) is 28.2. The number of esters is 1. The minimum absolute atomic E-state index is 0.0571. The number of rotatable bonds is 5. The van der Waals surface area contributed by atoms with Crippen LogP contribution < -0.4 is 9.47 Å². The summed E-state index contributed by atoms with van der Waals surface area (Å²) in [6, 6.07) is 8.05. The van der Waals surface area contributed by atoms with Gasteiger partial charge >= 0.3 is 5.97 Å². The lowest BCUT2D eigenvalue weighted by atomic mass is 9.74. The Morgan fingerprint density at radius 2 is 1.79 bits per heavy atom. The number of nitrogens with zero attached hydrogens (tertiary/aromatic N) is 1. The van der Waals surface area contributed by atoms with Gasteiger partial charge in [0.15, 0.2) is 17.3 Å². The third kappa shape index (κ3) is 3.62. The highest BCUT2D eigenvalue weighted by atomic mass is 35.5. The van der Waals surface area contributed by atoms with Gasteiger partial charge in [0.1, 0.15) is 5.75 Å². The zero-order valence-electron chi connectivity index (χ0n) is 18.8. The number of Topliss-reactive ketones (excluding diaryl/α,β-unsaturated/α-hetero) is 1. The van der Waals surface area contributed by atoms with Gasteiger partial charge in [-0.1, -0.05) is 11.6 Å². The van der Waals surface area contributed by atoms with Crippen molar-refractivity contribution >= 4 is 23.4 Å². The SMILES string of the molecule is COC(=O)C1=CC(C(=O)c2cc(Cl)ccc2O)=CN2CCc3cc(OC)c(OC)cc3[C@@]12C. The number of carbonyl (C=O) groups excluding carboxylic acids is 2. The number of hydrogen-bond acceptors (Lipinski definition) is 7. The molecule has 1 N–H and O–H groups in total. The number of phenolic OH excluding ortho intramolecular Hbond substituents is 1. The number of carbonyl (C=O) groups is 2. The van der Waals surface area contributed by atoms with Crippen LogP contribution in [0.3, 0.4) is 0 Å². The first kappa shape index (κ1) is 22.7. The second kappa shape index (κ2) is 8.48. The first-order valence-corrected chi connectivity index (χ1v) is 10.7. The topological polar surface area (TPSA) is 85.3 Å². The average molecular weight is 470 g/mol. The maximum Gasteiger partial charge on any atom is 0.336 e. The normalized spacial score (nSPS) is 19.0. The first-order valence-electron chi connectivity index (χ1n) is 10.3. The number of allylic oxidation sites excluding steroid dienone is 2. The minimum Gasteiger partial charge on any atom is -0.507 e. The van der Waals surface area contributed by atoms with Crippen LogP contribution in [0.4, 0.5) is 0 Å².